The lowest BCUT2D eigenvalue weighted by molar-refractivity contribution is 0.648. The monoisotopic (exact) mass is 203 g/mol. The Hall–Kier alpha value is -0.0500. The van der Waals surface area contributed by atoms with Gasteiger partial charge in [0.2, 0.25) is 0 Å². The van der Waals surface area contributed by atoms with E-state index in [0.29, 0.717) is 0 Å². The van der Waals surface area contributed by atoms with E-state index in [1.165, 1.54) is 5.56 Å². The number of alkyl halides is 1. The van der Waals surface area contributed by atoms with E-state index >= 15 is 0 Å². The molecule has 12 heavy (non-hydrogen) atoms. The standard InChI is InChI=1S/C9H14ClNS/c1-2-9(10)6-11-5-8-3-4-12-7-8/h3-4,7,9,11H,2,5-6H2,1H3. The molecule has 68 valence electrons. The second-order valence-corrected chi connectivity index (χ2v) is 4.17. The highest BCUT2D eigenvalue weighted by atomic mass is 35.5. The van der Waals surface area contributed by atoms with Gasteiger partial charge in [0, 0.05) is 18.5 Å². The summed E-state index contributed by atoms with van der Waals surface area (Å²) in [6.45, 7) is 3.94. The minimum atomic E-state index is 0.267. The quantitative estimate of drug-likeness (QED) is 0.726. The minimum absolute atomic E-state index is 0.267. The van der Waals surface area contributed by atoms with Gasteiger partial charge < -0.3 is 5.32 Å². The molecule has 0 fully saturated rings. The normalized spacial score (nSPS) is 13.2. The third kappa shape index (κ3) is 3.57. The summed E-state index contributed by atoms with van der Waals surface area (Å²) in [5, 5.41) is 7.83. The first-order chi connectivity index (χ1) is 5.83. The first-order valence-corrected chi connectivity index (χ1v) is 5.56. The molecule has 3 heteroatoms. The molecule has 0 aliphatic heterocycles. The average molecular weight is 204 g/mol. The predicted molar refractivity (Wildman–Crippen MR) is 56.0 cm³/mol. The molecule has 1 atom stereocenters. The van der Waals surface area contributed by atoms with Crippen molar-refractivity contribution in [3.63, 3.8) is 0 Å². The lowest BCUT2D eigenvalue weighted by atomic mass is 10.3. The summed E-state index contributed by atoms with van der Waals surface area (Å²) >= 11 is 7.68. The van der Waals surface area contributed by atoms with Crippen molar-refractivity contribution >= 4 is 22.9 Å². The minimum Gasteiger partial charge on any atom is -0.311 e. The van der Waals surface area contributed by atoms with E-state index in [0.717, 1.165) is 19.5 Å². The maximum atomic E-state index is 5.95. The molecule has 0 radical (unpaired) electrons. The van der Waals surface area contributed by atoms with Crippen LogP contribution in [0.5, 0.6) is 0 Å². The van der Waals surface area contributed by atoms with E-state index in [4.69, 9.17) is 11.6 Å². The Balaban J connectivity index is 2.11. The molecule has 1 nitrogen and oxygen atoms in total. The SMILES string of the molecule is CCC(Cl)CNCc1ccsc1. The molecular formula is C9H14ClNS. The largest absolute Gasteiger partial charge is 0.311 e. The first kappa shape index (κ1) is 10.0. The topological polar surface area (TPSA) is 12.0 Å². The van der Waals surface area contributed by atoms with Gasteiger partial charge in [-0.3, -0.25) is 0 Å². The van der Waals surface area contributed by atoms with E-state index in [2.05, 4.69) is 29.1 Å². The predicted octanol–water partition coefficient (Wildman–Crippen LogP) is 2.86. The molecule has 0 amide bonds. The van der Waals surface area contributed by atoms with E-state index in [-0.39, 0.29) is 5.38 Å². The van der Waals surface area contributed by atoms with Crippen LogP contribution in [0.25, 0.3) is 0 Å². The molecular weight excluding hydrogens is 190 g/mol. The van der Waals surface area contributed by atoms with Gasteiger partial charge in [0.05, 0.1) is 0 Å². The fraction of sp³-hybridized carbons (Fsp3) is 0.556. The van der Waals surface area contributed by atoms with Crippen LogP contribution in [0.4, 0.5) is 0 Å². The average Bonchev–Trinajstić information content (AvgIpc) is 2.57. The van der Waals surface area contributed by atoms with Gasteiger partial charge in [0.25, 0.3) is 0 Å². The Labute approximate surface area is 82.7 Å². The number of rotatable bonds is 5. The van der Waals surface area contributed by atoms with E-state index in [9.17, 15) is 0 Å². The Kier molecular flexibility index (Phi) is 4.66. The van der Waals surface area contributed by atoms with Crippen LogP contribution in [0.3, 0.4) is 0 Å². The third-order valence-electron chi connectivity index (χ3n) is 1.72. The molecule has 0 saturated carbocycles. The van der Waals surface area contributed by atoms with Crippen LogP contribution in [0, 0.1) is 0 Å². The molecule has 0 aliphatic carbocycles. The van der Waals surface area contributed by atoms with E-state index < -0.39 is 0 Å². The van der Waals surface area contributed by atoms with Crippen LogP contribution in [0.15, 0.2) is 16.8 Å². The van der Waals surface area contributed by atoms with Crippen LogP contribution >= 0.6 is 22.9 Å². The zero-order valence-electron chi connectivity index (χ0n) is 7.22. The van der Waals surface area contributed by atoms with Crippen LogP contribution in [-0.4, -0.2) is 11.9 Å². The van der Waals surface area contributed by atoms with Gasteiger partial charge in [-0.25, -0.2) is 0 Å². The smallest absolute Gasteiger partial charge is 0.0458 e. The fourth-order valence-corrected chi connectivity index (χ4v) is 1.69. The Morgan fingerprint density at radius 1 is 1.67 bits per heavy atom. The highest BCUT2D eigenvalue weighted by molar-refractivity contribution is 7.07. The Morgan fingerprint density at radius 3 is 3.08 bits per heavy atom. The van der Waals surface area contributed by atoms with Crippen LogP contribution in [-0.2, 0) is 6.54 Å². The molecule has 1 aromatic heterocycles. The van der Waals surface area contributed by atoms with Crippen molar-refractivity contribution in [1.82, 2.24) is 5.32 Å². The number of nitrogens with one attached hydrogen (secondary N) is 1. The number of halogens is 1. The highest BCUT2D eigenvalue weighted by Crippen LogP contribution is 2.05. The van der Waals surface area contributed by atoms with Crippen LogP contribution < -0.4 is 5.32 Å². The van der Waals surface area contributed by atoms with Gasteiger partial charge in [-0.05, 0) is 28.8 Å². The molecule has 0 aliphatic rings. The summed E-state index contributed by atoms with van der Waals surface area (Å²) in [6, 6.07) is 2.13. The second-order valence-electron chi connectivity index (χ2n) is 2.77. The molecule has 0 saturated heterocycles. The summed E-state index contributed by atoms with van der Waals surface area (Å²) in [5.41, 5.74) is 1.35. The maximum absolute atomic E-state index is 5.95. The molecule has 0 bridgehead atoms. The molecule has 1 heterocycles. The zero-order chi connectivity index (χ0) is 8.81. The third-order valence-corrected chi connectivity index (χ3v) is 2.91. The van der Waals surface area contributed by atoms with Crippen molar-refractivity contribution in [2.24, 2.45) is 0 Å². The van der Waals surface area contributed by atoms with E-state index in [1.54, 1.807) is 11.3 Å². The zero-order valence-corrected chi connectivity index (χ0v) is 8.79. The van der Waals surface area contributed by atoms with Gasteiger partial charge in [-0.15, -0.1) is 11.6 Å². The van der Waals surface area contributed by atoms with Crippen LogP contribution in [0.1, 0.15) is 18.9 Å². The van der Waals surface area contributed by atoms with Gasteiger partial charge in [0.15, 0.2) is 0 Å². The van der Waals surface area contributed by atoms with Crippen molar-refractivity contribution < 1.29 is 0 Å². The van der Waals surface area contributed by atoms with Gasteiger partial charge >= 0.3 is 0 Å². The maximum Gasteiger partial charge on any atom is 0.0458 e. The summed E-state index contributed by atoms with van der Waals surface area (Å²) < 4.78 is 0. The van der Waals surface area contributed by atoms with Crippen molar-refractivity contribution in [1.29, 1.82) is 0 Å². The molecule has 1 aromatic rings. The summed E-state index contributed by atoms with van der Waals surface area (Å²) in [6.07, 6.45) is 1.03. The molecule has 1 N–H and O–H groups in total. The Morgan fingerprint density at radius 2 is 2.50 bits per heavy atom. The number of thiophene rings is 1. The number of hydrogen-bond donors (Lipinski definition) is 1. The lowest BCUT2D eigenvalue weighted by Crippen LogP contribution is -2.21. The Bertz CT molecular complexity index is 198. The van der Waals surface area contributed by atoms with Crippen LogP contribution in [0.2, 0.25) is 0 Å². The fourth-order valence-electron chi connectivity index (χ4n) is 0.911. The second kappa shape index (κ2) is 5.57. The molecule has 1 rings (SSSR count). The summed E-state index contributed by atoms with van der Waals surface area (Å²) in [7, 11) is 0. The first-order valence-electron chi connectivity index (χ1n) is 4.18. The molecule has 1 unspecified atom stereocenters. The summed E-state index contributed by atoms with van der Waals surface area (Å²) in [4.78, 5) is 0. The van der Waals surface area contributed by atoms with Gasteiger partial charge in [-0.2, -0.15) is 11.3 Å². The van der Waals surface area contributed by atoms with Crippen molar-refractivity contribution in [3.05, 3.63) is 22.4 Å². The summed E-state index contributed by atoms with van der Waals surface area (Å²) in [5.74, 6) is 0. The van der Waals surface area contributed by atoms with Crippen molar-refractivity contribution in [2.75, 3.05) is 6.54 Å². The van der Waals surface area contributed by atoms with Gasteiger partial charge in [-0.1, -0.05) is 6.92 Å². The van der Waals surface area contributed by atoms with Crippen molar-refractivity contribution in [3.8, 4) is 0 Å². The van der Waals surface area contributed by atoms with E-state index in [1.807, 2.05) is 0 Å². The lowest BCUT2D eigenvalue weighted by Gasteiger charge is -2.06. The van der Waals surface area contributed by atoms with Gasteiger partial charge in [0.1, 0.15) is 0 Å². The molecule has 0 spiro atoms. The molecule has 0 aromatic carbocycles. The van der Waals surface area contributed by atoms with Crippen molar-refractivity contribution in [2.45, 2.75) is 25.3 Å². The number of hydrogen-bond acceptors (Lipinski definition) is 2. The highest BCUT2D eigenvalue weighted by Gasteiger charge is 1.99.